The van der Waals surface area contributed by atoms with Gasteiger partial charge in [-0.25, -0.2) is 0 Å². The molecule has 4 nitrogen and oxygen atoms in total. The zero-order valence-corrected chi connectivity index (χ0v) is 9.41. The van der Waals surface area contributed by atoms with Gasteiger partial charge < -0.3 is 9.32 Å². The van der Waals surface area contributed by atoms with E-state index in [2.05, 4.69) is 6.07 Å². The van der Waals surface area contributed by atoms with Gasteiger partial charge in [0.1, 0.15) is 0 Å². The molecule has 2 rings (SSSR count). The number of rotatable bonds is 1. The molecule has 1 aliphatic heterocycles. The van der Waals surface area contributed by atoms with E-state index in [1.54, 1.807) is 11.0 Å². The van der Waals surface area contributed by atoms with Crippen LogP contribution in [0.1, 0.15) is 23.2 Å². The number of halogens is 1. The minimum Gasteiger partial charge on any atom is -0.452 e. The molecule has 5 heteroatoms. The van der Waals surface area contributed by atoms with Gasteiger partial charge in [0.25, 0.3) is 5.91 Å². The highest BCUT2D eigenvalue weighted by molar-refractivity contribution is 6.32. The summed E-state index contributed by atoms with van der Waals surface area (Å²) in [5.74, 6) is -0.0426. The summed E-state index contributed by atoms with van der Waals surface area (Å²) in [5.41, 5.74) is 0.400. The molecule has 1 amide bonds. The average Bonchev–Trinajstić information content (AvgIpc) is 2.75. The van der Waals surface area contributed by atoms with E-state index in [0.29, 0.717) is 18.7 Å². The monoisotopic (exact) mass is 238 g/mol. The van der Waals surface area contributed by atoms with Gasteiger partial charge in [0, 0.05) is 19.0 Å². The average molecular weight is 239 g/mol. The number of carbonyl (C=O) groups excluding carboxylic acids is 1. The van der Waals surface area contributed by atoms with Gasteiger partial charge in [-0.1, -0.05) is 0 Å². The first-order valence-corrected chi connectivity index (χ1v) is 5.52. The molecule has 0 radical (unpaired) electrons. The van der Waals surface area contributed by atoms with Gasteiger partial charge in [0.15, 0.2) is 0 Å². The van der Waals surface area contributed by atoms with E-state index in [4.69, 9.17) is 21.3 Å². The summed E-state index contributed by atoms with van der Waals surface area (Å²) in [5, 5.41) is 8.89. The quantitative estimate of drug-likeness (QED) is 0.754. The zero-order valence-electron chi connectivity index (χ0n) is 8.65. The third-order valence-electron chi connectivity index (χ3n) is 2.81. The van der Waals surface area contributed by atoms with Crippen LogP contribution < -0.4 is 0 Å². The van der Waals surface area contributed by atoms with Crippen molar-refractivity contribution in [1.29, 1.82) is 5.26 Å². The van der Waals surface area contributed by atoms with Crippen LogP contribution in [0.25, 0.3) is 0 Å². The lowest BCUT2D eigenvalue weighted by atomic mass is 9.98. The molecule has 0 aromatic carbocycles. The molecule has 16 heavy (non-hydrogen) atoms. The lowest BCUT2D eigenvalue weighted by Crippen LogP contribution is -2.38. The largest absolute Gasteiger partial charge is 0.452 e. The second-order valence-corrected chi connectivity index (χ2v) is 4.15. The van der Waals surface area contributed by atoms with E-state index >= 15 is 0 Å². The maximum absolute atomic E-state index is 12.0. The lowest BCUT2D eigenvalue weighted by Gasteiger charge is -2.28. The summed E-state index contributed by atoms with van der Waals surface area (Å²) in [7, 11) is 0. The molecule has 1 aromatic heterocycles. The maximum Gasteiger partial charge on any atom is 0.258 e. The van der Waals surface area contributed by atoms with E-state index in [1.165, 1.54) is 6.26 Å². The van der Waals surface area contributed by atoms with E-state index in [9.17, 15) is 4.79 Å². The van der Waals surface area contributed by atoms with Crippen molar-refractivity contribution in [3.63, 3.8) is 0 Å². The molecular weight excluding hydrogens is 228 g/mol. The Morgan fingerprint density at radius 2 is 2.25 bits per heavy atom. The molecule has 1 aliphatic rings. The van der Waals surface area contributed by atoms with Gasteiger partial charge in [0.05, 0.1) is 17.9 Å². The van der Waals surface area contributed by atoms with Crippen LogP contribution in [0.5, 0.6) is 0 Å². The second kappa shape index (κ2) is 4.58. The van der Waals surface area contributed by atoms with Gasteiger partial charge >= 0.3 is 0 Å². The minimum absolute atomic E-state index is 0.0730. The van der Waals surface area contributed by atoms with Crippen LogP contribution in [-0.4, -0.2) is 23.9 Å². The van der Waals surface area contributed by atoms with Crippen molar-refractivity contribution >= 4 is 17.5 Å². The Bertz CT molecular complexity index is 427. The van der Waals surface area contributed by atoms with E-state index in [0.717, 1.165) is 12.8 Å². The number of piperidine rings is 1. The maximum atomic E-state index is 12.0. The third kappa shape index (κ3) is 2.05. The molecule has 0 spiro atoms. The molecular formula is C11H11ClN2O2. The molecule has 2 heterocycles. The fourth-order valence-corrected chi connectivity index (χ4v) is 2.02. The van der Waals surface area contributed by atoms with E-state index < -0.39 is 0 Å². The van der Waals surface area contributed by atoms with Gasteiger partial charge in [0.2, 0.25) is 5.22 Å². The number of nitriles is 1. The first kappa shape index (κ1) is 11.0. The van der Waals surface area contributed by atoms with Crippen molar-refractivity contribution in [1.82, 2.24) is 4.90 Å². The lowest BCUT2D eigenvalue weighted by molar-refractivity contribution is 0.0707. The van der Waals surface area contributed by atoms with Crippen LogP contribution in [-0.2, 0) is 0 Å². The molecule has 0 bridgehead atoms. The number of nitrogens with zero attached hydrogens (tertiary/aromatic N) is 2. The van der Waals surface area contributed by atoms with Crippen LogP contribution >= 0.6 is 11.6 Å². The Morgan fingerprint density at radius 3 is 2.75 bits per heavy atom. The smallest absolute Gasteiger partial charge is 0.258 e. The third-order valence-corrected chi connectivity index (χ3v) is 3.11. The van der Waals surface area contributed by atoms with Crippen molar-refractivity contribution in [2.75, 3.05) is 13.1 Å². The van der Waals surface area contributed by atoms with Crippen molar-refractivity contribution < 1.29 is 9.21 Å². The molecule has 0 unspecified atom stereocenters. The molecule has 0 aliphatic carbocycles. The summed E-state index contributed by atoms with van der Waals surface area (Å²) >= 11 is 5.74. The normalized spacial score (nSPS) is 17.1. The van der Waals surface area contributed by atoms with Crippen molar-refractivity contribution in [3.05, 3.63) is 23.1 Å². The highest BCUT2D eigenvalue weighted by atomic mass is 35.5. The molecule has 1 fully saturated rings. The van der Waals surface area contributed by atoms with Crippen LogP contribution in [0.2, 0.25) is 5.22 Å². The zero-order chi connectivity index (χ0) is 11.5. The SMILES string of the molecule is N#CC1CCN(C(=O)c2ccoc2Cl)CC1. The molecule has 0 atom stereocenters. The number of carbonyl (C=O) groups is 1. The Morgan fingerprint density at radius 1 is 1.56 bits per heavy atom. The summed E-state index contributed by atoms with van der Waals surface area (Å²) in [4.78, 5) is 13.7. The summed E-state index contributed by atoms with van der Waals surface area (Å²) in [6.45, 7) is 1.22. The summed E-state index contributed by atoms with van der Waals surface area (Å²) < 4.78 is 4.88. The topological polar surface area (TPSA) is 57.2 Å². The second-order valence-electron chi connectivity index (χ2n) is 3.80. The molecule has 84 valence electrons. The number of amides is 1. The Kier molecular flexibility index (Phi) is 3.16. The first-order valence-electron chi connectivity index (χ1n) is 5.14. The highest BCUT2D eigenvalue weighted by Crippen LogP contribution is 2.22. The molecule has 0 N–H and O–H groups in total. The van der Waals surface area contributed by atoms with E-state index in [1.807, 2.05) is 0 Å². The summed E-state index contributed by atoms with van der Waals surface area (Å²) in [6.07, 6.45) is 2.87. The van der Waals surface area contributed by atoms with Crippen LogP contribution in [0.3, 0.4) is 0 Å². The van der Waals surface area contributed by atoms with Crippen molar-refractivity contribution in [2.45, 2.75) is 12.8 Å². The molecule has 1 saturated heterocycles. The van der Waals surface area contributed by atoms with Crippen LogP contribution in [0, 0.1) is 17.2 Å². The van der Waals surface area contributed by atoms with Gasteiger partial charge in [-0.2, -0.15) is 5.26 Å². The standard InChI is InChI=1S/C11H11ClN2O2/c12-10-9(3-6-16-10)11(15)14-4-1-8(7-13)2-5-14/h3,6,8H,1-2,4-5H2. The van der Waals surface area contributed by atoms with E-state index in [-0.39, 0.29) is 17.0 Å². The molecule has 1 aromatic rings. The highest BCUT2D eigenvalue weighted by Gasteiger charge is 2.25. The van der Waals surface area contributed by atoms with Gasteiger partial charge in [-0.05, 0) is 30.5 Å². The Hall–Kier alpha value is -1.47. The number of likely N-dealkylation sites (tertiary alicyclic amines) is 1. The summed E-state index contributed by atoms with van der Waals surface area (Å²) in [6, 6.07) is 3.80. The number of hydrogen-bond acceptors (Lipinski definition) is 3. The predicted molar refractivity (Wildman–Crippen MR) is 58.0 cm³/mol. The fourth-order valence-electron chi connectivity index (χ4n) is 1.83. The van der Waals surface area contributed by atoms with Gasteiger partial charge in [-0.3, -0.25) is 4.79 Å². The minimum atomic E-state index is -0.116. The predicted octanol–water partition coefficient (Wildman–Crippen LogP) is 2.31. The van der Waals surface area contributed by atoms with Crippen molar-refractivity contribution in [2.24, 2.45) is 5.92 Å². The number of hydrogen-bond donors (Lipinski definition) is 0. The van der Waals surface area contributed by atoms with Crippen LogP contribution in [0.15, 0.2) is 16.7 Å². The van der Waals surface area contributed by atoms with Crippen LogP contribution in [0.4, 0.5) is 0 Å². The number of furan rings is 1. The Labute approximate surface area is 98.4 Å². The Balaban J connectivity index is 2.03. The molecule has 0 saturated carbocycles. The van der Waals surface area contributed by atoms with Crippen molar-refractivity contribution in [3.8, 4) is 6.07 Å². The first-order chi connectivity index (χ1) is 7.72. The van der Waals surface area contributed by atoms with Gasteiger partial charge in [-0.15, -0.1) is 0 Å². The fraction of sp³-hybridized carbons (Fsp3) is 0.455.